The molecule has 3 aromatic heterocycles. The molecule has 26 heavy (non-hydrogen) atoms. The second kappa shape index (κ2) is 6.49. The summed E-state index contributed by atoms with van der Waals surface area (Å²) in [5, 5.41) is 1.15. The normalized spacial score (nSPS) is 17.3. The van der Waals surface area contributed by atoms with Crippen LogP contribution in [-0.2, 0) is 0 Å². The van der Waals surface area contributed by atoms with Crippen LogP contribution >= 0.6 is 22.7 Å². The van der Waals surface area contributed by atoms with Crippen molar-refractivity contribution in [2.45, 2.75) is 25.8 Å². The Kier molecular flexibility index (Phi) is 3.98. The molecule has 0 spiro atoms. The molecular weight excluding hydrogens is 358 g/mol. The molecule has 5 heteroatoms. The smallest absolute Gasteiger partial charge is 0.186 e. The molecule has 0 radical (unpaired) electrons. The number of hydrogen-bond donors (Lipinski definition) is 0. The predicted molar refractivity (Wildman–Crippen MR) is 111 cm³/mol. The van der Waals surface area contributed by atoms with Gasteiger partial charge < -0.3 is 4.90 Å². The number of nitrogens with zero attached hydrogens (tertiary/aromatic N) is 3. The number of thiophene rings is 1. The van der Waals surface area contributed by atoms with Gasteiger partial charge in [0.2, 0.25) is 0 Å². The fourth-order valence-corrected chi connectivity index (χ4v) is 5.79. The van der Waals surface area contributed by atoms with Crippen molar-refractivity contribution in [1.82, 2.24) is 9.97 Å². The maximum Gasteiger partial charge on any atom is 0.186 e. The standard InChI is InChI=1S/C21H19N3S2/c1-14-4-7-19(25-14)18-3-2-12-24(18)21-23-17-6-5-16(13-20(17)26-21)15-8-10-22-11-9-15/h4-11,13,18H,2-3,12H2,1H3. The minimum Gasteiger partial charge on any atom is -0.340 e. The zero-order valence-corrected chi connectivity index (χ0v) is 16.2. The third-order valence-corrected chi connectivity index (χ3v) is 7.14. The number of pyridine rings is 1. The van der Waals surface area contributed by atoms with E-state index in [1.807, 2.05) is 35.1 Å². The van der Waals surface area contributed by atoms with Crippen LogP contribution in [0, 0.1) is 6.92 Å². The first kappa shape index (κ1) is 16.0. The first-order chi connectivity index (χ1) is 12.8. The van der Waals surface area contributed by atoms with Gasteiger partial charge in [-0.1, -0.05) is 17.4 Å². The SMILES string of the molecule is Cc1ccc(C2CCCN2c2nc3ccc(-c4ccncc4)cc3s2)s1. The molecule has 130 valence electrons. The highest BCUT2D eigenvalue weighted by molar-refractivity contribution is 7.22. The monoisotopic (exact) mass is 377 g/mol. The van der Waals surface area contributed by atoms with Crippen molar-refractivity contribution >= 4 is 38.0 Å². The zero-order valence-electron chi connectivity index (χ0n) is 14.6. The molecule has 4 aromatic rings. The Hall–Kier alpha value is -2.24. The van der Waals surface area contributed by atoms with Gasteiger partial charge in [-0.3, -0.25) is 4.98 Å². The number of rotatable bonds is 3. The van der Waals surface area contributed by atoms with E-state index in [1.54, 1.807) is 0 Å². The molecule has 0 saturated carbocycles. The van der Waals surface area contributed by atoms with Crippen LogP contribution in [0.1, 0.15) is 28.6 Å². The van der Waals surface area contributed by atoms with Crippen LogP contribution in [0.15, 0.2) is 54.9 Å². The Morgan fingerprint density at radius 2 is 1.88 bits per heavy atom. The summed E-state index contributed by atoms with van der Waals surface area (Å²) in [4.78, 5) is 14.4. The van der Waals surface area contributed by atoms with Gasteiger partial charge in [-0.2, -0.15) is 0 Å². The summed E-state index contributed by atoms with van der Waals surface area (Å²) in [7, 11) is 0. The van der Waals surface area contributed by atoms with Crippen molar-refractivity contribution in [3.05, 3.63) is 64.6 Å². The van der Waals surface area contributed by atoms with Gasteiger partial charge in [0.05, 0.1) is 16.3 Å². The second-order valence-electron chi connectivity index (χ2n) is 6.71. The van der Waals surface area contributed by atoms with Crippen molar-refractivity contribution in [2.75, 3.05) is 11.4 Å². The Bertz CT molecular complexity index is 1050. The van der Waals surface area contributed by atoms with Gasteiger partial charge >= 0.3 is 0 Å². The van der Waals surface area contributed by atoms with Crippen LogP contribution in [0.2, 0.25) is 0 Å². The summed E-state index contributed by atoms with van der Waals surface area (Å²) in [6.07, 6.45) is 6.14. The van der Waals surface area contributed by atoms with E-state index in [1.165, 1.54) is 38.4 Å². The lowest BCUT2D eigenvalue weighted by Crippen LogP contribution is -2.21. The van der Waals surface area contributed by atoms with Crippen molar-refractivity contribution in [1.29, 1.82) is 0 Å². The number of hydrogen-bond acceptors (Lipinski definition) is 5. The third kappa shape index (κ3) is 2.81. The van der Waals surface area contributed by atoms with E-state index in [2.05, 4.69) is 59.3 Å². The number of benzene rings is 1. The quantitative estimate of drug-likeness (QED) is 0.434. The maximum atomic E-state index is 4.95. The highest BCUT2D eigenvalue weighted by Gasteiger charge is 2.29. The maximum absolute atomic E-state index is 4.95. The van der Waals surface area contributed by atoms with Crippen molar-refractivity contribution < 1.29 is 0 Å². The number of anilines is 1. The Labute approximate surface area is 161 Å². The van der Waals surface area contributed by atoms with Crippen molar-refractivity contribution in [3.63, 3.8) is 0 Å². The first-order valence-electron chi connectivity index (χ1n) is 8.92. The van der Waals surface area contributed by atoms with Crippen LogP contribution in [0.4, 0.5) is 5.13 Å². The molecule has 1 unspecified atom stereocenters. The lowest BCUT2D eigenvalue weighted by molar-refractivity contribution is 0.732. The van der Waals surface area contributed by atoms with Crippen LogP contribution in [0.5, 0.6) is 0 Å². The molecule has 3 nitrogen and oxygen atoms in total. The molecule has 0 bridgehead atoms. The van der Waals surface area contributed by atoms with Crippen LogP contribution in [0.25, 0.3) is 21.3 Å². The molecule has 1 atom stereocenters. The summed E-state index contributed by atoms with van der Waals surface area (Å²) in [6, 6.07) is 15.7. The van der Waals surface area contributed by atoms with Crippen LogP contribution in [-0.4, -0.2) is 16.5 Å². The Morgan fingerprint density at radius 3 is 2.69 bits per heavy atom. The zero-order chi connectivity index (χ0) is 17.5. The van der Waals surface area contributed by atoms with Gasteiger partial charge in [-0.15, -0.1) is 11.3 Å². The molecule has 0 N–H and O–H groups in total. The molecule has 1 aliphatic rings. The van der Waals surface area contributed by atoms with Gasteiger partial charge in [-0.05, 0) is 67.3 Å². The largest absolute Gasteiger partial charge is 0.340 e. The topological polar surface area (TPSA) is 29.0 Å². The summed E-state index contributed by atoms with van der Waals surface area (Å²) in [6.45, 7) is 3.28. The number of aryl methyl sites for hydroxylation is 1. The van der Waals surface area contributed by atoms with Crippen LogP contribution < -0.4 is 4.90 Å². The van der Waals surface area contributed by atoms with E-state index >= 15 is 0 Å². The Balaban J connectivity index is 1.51. The third-order valence-electron chi connectivity index (χ3n) is 4.98. The highest BCUT2D eigenvalue weighted by Crippen LogP contribution is 2.42. The number of aromatic nitrogens is 2. The lowest BCUT2D eigenvalue weighted by atomic mass is 10.1. The second-order valence-corrected chi connectivity index (χ2v) is 9.04. The minimum atomic E-state index is 0.480. The number of fused-ring (bicyclic) bond motifs is 1. The van der Waals surface area contributed by atoms with E-state index in [0.717, 1.165) is 17.2 Å². The molecule has 0 aliphatic carbocycles. The molecule has 1 aromatic carbocycles. The van der Waals surface area contributed by atoms with Crippen molar-refractivity contribution in [3.8, 4) is 11.1 Å². The van der Waals surface area contributed by atoms with E-state index in [-0.39, 0.29) is 0 Å². The predicted octanol–water partition coefficient (Wildman–Crippen LogP) is 6.07. The number of thiazole rings is 1. The Morgan fingerprint density at radius 1 is 1.00 bits per heavy atom. The molecule has 4 heterocycles. The molecule has 1 saturated heterocycles. The van der Waals surface area contributed by atoms with Crippen molar-refractivity contribution in [2.24, 2.45) is 0 Å². The van der Waals surface area contributed by atoms with E-state index < -0.39 is 0 Å². The fourth-order valence-electron chi connectivity index (χ4n) is 3.68. The van der Waals surface area contributed by atoms with Gasteiger partial charge in [-0.25, -0.2) is 4.98 Å². The lowest BCUT2D eigenvalue weighted by Gasteiger charge is -2.22. The molecular formula is C21H19N3S2. The van der Waals surface area contributed by atoms with Gasteiger partial charge in [0.25, 0.3) is 0 Å². The van der Waals surface area contributed by atoms with E-state index in [9.17, 15) is 0 Å². The van der Waals surface area contributed by atoms with Gasteiger partial charge in [0.1, 0.15) is 0 Å². The van der Waals surface area contributed by atoms with E-state index in [4.69, 9.17) is 4.98 Å². The average molecular weight is 378 g/mol. The summed E-state index contributed by atoms with van der Waals surface area (Å²) < 4.78 is 1.25. The summed E-state index contributed by atoms with van der Waals surface area (Å²) in [5.41, 5.74) is 3.52. The minimum absolute atomic E-state index is 0.480. The van der Waals surface area contributed by atoms with Crippen LogP contribution in [0.3, 0.4) is 0 Å². The average Bonchev–Trinajstić information content (AvgIpc) is 3.40. The molecule has 0 amide bonds. The summed E-state index contributed by atoms with van der Waals surface area (Å²) >= 11 is 3.73. The fraction of sp³-hybridized carbons (Fsp3) is 0.238. The molecule has 1 fully saturated rings. The van der Waals surface area contributed by atoms with Gasteiger partial charge in [0.15, 0.2) is 5.13 Å². The highest BCUT2D eigenvalue weighted by atomic mass is 32.1. The molecule has 1 aliphatic heterocycles. The van der Waals surface area contributed by atoms with Gasteiger partial charge in [0, 0.05) is 28.7 Å². The first-order valence-corrected chi connectivity index (χ1v) is 10.6. The molecule has 5 rings (SSSR count). The summed E-state index contributed by atoms with van der Waals surface area (Å²) in [5.74, 6) is 0. The van der Waals surface area contributed by atoms with E-state index in [0.29, 0.717) is 6.04 Å².